The minimum absolute atomic E-state index is 0.000987. The molecule has 2 saturated heterocycles. The number of nitrogens with zero attached hydrogens (tertiary/aromatic N) is 2. The van der Waals surface area contributed by atoms with E-state index < -0.39 is 10.0 Å². The highest BCUT2D eigenvalue weighted by Gasteiger charge is 2.35. The molecule has 1 aromatic carbocycles. The summed E-state index contributed by atoms with van der Waals surface area (Å²) in [4.78, 5) is 14.7. The zero-order valence-corrected chi connectivity index (χ0v) is 17.8. The maximum absolute atomic E-state index is 13.4. The van der Waals surface area contributed by atoms with Crippen LogP contribution in [0.4, 0.5) is 0 Å². The van der Waals surface area contributed by atoms with Gasteiger partial charge in [-0.1, -0.05) is 0 Å². The number of piperazine rings is 1. The van der Waals surface area contributed by atoms with Gasteiger partial charge in [-0.05, 0) is 75.3 Å². The average molecular weight is 395 g/mol. The summed E-state index contributed by atoms with van der Waals surface area (Å²) < 4.78 is 33.8. The fourth-order valence-corrected chi connectivity index (χ4v) is 6.09. The van der Waals surface area contributed by atoms with Crippen LogP contribution in [0, 0.1) is 34.6 Å². The summed E-state index contributed by atoms with van der Waals surface area (Å²) in [6.07, 6.45) is 1.33. The first-order valence-electron chi connectivity index (χ1n) is 9.63. The summed E-state index contributed by atoms with van der Waals surface area (Å²) in [5.41, 5.74) is 4.87. The third kappa shape index (κ3) is 3.52. The number of ether oxygens (including phenoxy) is 1. The quantitative estimate of drug-likeness (QED) is 0.789. The molecule has 27 heavy (non-hydrogen) atoms. The highest BCUT2D eigenvalue weighted by Crippen LogP contribution is 2.32. The molecule has 2 aliphatic heterocycles. The molecule has 1 aromatic rings. The lowest BCUT2D eigenvalue weighted by Crippen LogP contribution is -2.52. The van der Waals surface area contributed by atoms with E-state index in [9.17, 15) is 13.2 Å². The summed E-state index contributed by atoms with van der Waals surface area (Å²) in [5.74, 6) is -0.000987. The Morgan fingerprint density at radius 2 is 1.41 bits per heavy atom. The van der Waals surface area contributed by atoms with Crippen LogP contribution in [-0.2, 0) is 19.6 Å². The Balaban J connectivity index is 1.81. The third-order valence-electron chi connectivity index (χ3n) is 6.28. The number of benzene rings is 1. The number of amides is 1. The summed E-state index contributed by atoms with van der Waals surface area (Å²) >= 11 is 0. The Labute approximate surface area is 162 Å². The van der Waals surface area contributed by atoms with E-state index in [1.54, 1.807) is 4.90 Å². The van der Waals surface area contributed by atoms with Crippen LogP contribution in [0.2, 0.25) is 0 Å². The summed E-state index contributed by atoms with van der Waals surface area (Å²) in [6, 6.07) is 0. The molecule has 6 nitrogen and oxygen atoms in total. The number of carbonyl (C=O) groups is 1. The van der Waals surface area contributed by atoms with Gasteiger partial charge in [-0.15, -0.1) is 0 Å². The zero-order chi connectivity index (χ0) is 19.9. The lowest BCUT2D eigenvalue weighted by molar-refractivity contribution is -0.142. The molecule has 3 rings (SSSR count). The molecule has 2 heterocycles. The molecule has 150 valence electrons. The Bertz CT molecular complexity index is 820. The monoisotopic (exact) mass is 394 g/mol. The zero-order valence-electron chi connectivity index (χ0n) is 17.0. The predicted octanol–water partition coefficient (Wildman–Crippen LogP) is 2.24. The second-order valence-electron chi connectivity index (χ2n) is 7.69. The van der Waals surface area contributed by atoms with Crippen LogP contribution in [-0.4, -0.2) is 62.4 Å². The van der Waals surface area contributed by atoms with Gasteiger partial charge in [0.05, 0.1) is 4.90 Å². The topological polar surface area (TPSA) is 66.9 Å². The number of carbonyl (C=O) groups excluding carboxylic acids is 1. The molecule has 7 heteroatoms. The van der Waals surface area contributed by atoms with Gasteiger partial charge in [0, 0.05) is 32.8 Å². The average Bonchev–Trinajstić information content (AvgIpc) is 3.19. The molecule has 2 aliphatic rings. The lowest BCUT2D eigenvalue weighted by Gasteiger charge is -2.35. The summed E-state index contributed by atoms with van der Waals surface area (Å²) in [6.45, 7) is 11.9. The molecule has 0 spiro atoms. The van der Waals surface area contributed by atoms with Crippen molar-refractivity contribution in [2.24, 2.45) is 0 Å². The van der Waals surface area contributed by atoms with Crippen molar-refractivity contribution in [3.63, 3.8) is 0 Å². The van der Waals surface area contributed by atoms with Gasteiger partial charge in [0.2, 0.25) is 10.0 Å². The fraction of sp³-hybridized carbons (Fsp3) is 0.650. The summed E-state index contributed by atoms with van der Waals surface area (Å²) in [7, 11) is -3.59. The molecule has 0 N–H and O–H groups in total. The first-order valence-corrected chi connectivity index (χ1v) is 11.1. The highest BCUT2D eigenvalue weighted by molar-refractivity contribution is 7.89. The molecule has 1 unspecified atom stereocenters. The van der Waals surface area contributed by atoms with Gasteiger partial charge in [-0.25, -0.2) is 8.42 Å². The van der Waals surface area contributed by atoms with Crippen LogP contribution in [0.25, 0.3) is 0 Å². The van der Waals surface area contributed by atoms with Crippen LogP contribution >= 0.6 is 0 Å². The van der Waals surface area contributed by atoms with Crippen molar-refractivity contribution in [1.82, 2.24) is 9.21 Å². The number of hydrogen-bond donors (Lipinski definition) is 0. The van der Waals surface area contributed by atoms with Crippen molar-refractivity contribution in [3.05, 3.63) is 27.8 Å². The molecule has 0 radical (unpaired) electrons. The Kier molecular flexibility index (Phi) is 5.66. The molecule has 2 fully saturated rings. The van der Waals surface area contributed by atoms with Gasteiger partial charge in [0.15, 0.2) is 0 Å². The van der Waals surface area contributed by atoms with Gasteiger partial charge >= 0.3 is 0 Å². The highest BCUT2D eigenvalue weighted by atomic mass is 32.2. The fourth-order valence-electron chi connectivity index (χ4n) is 4.11. The van der Waals surface area contributed by atoms with Crippen LogP contribution in [0.1, 0.15) is 40.7 Å². The second-order valence-corrected chi connectivity index (χ2v) is 9.56. The van der Waals surface area contributed by atoms with E-state index in [1.165, 1.54) is 4.31 Å². The number of hydrogen-bond acceptors (Lipinski definition) is 4. The van der Waals surface area contributed by atoms with Gasteiger partial charge < -0.3 is 9.64 Å². The number of rotatable bonds is 3. The molecule has 1 atom stereocenters. The molecule has 0 bridgehead atoms. The first-order chi connectivity index (χ1) is 12.7. The Hall–Kier alpha value is -1.44. The van der Waals surface area contributed by atoms with E-state index in [0.29, 0.717) is 37.7 Å². The van der Waals surface area contributed by atoms with Crippen molar-refractivity contribution >= 4 is 15.9 Å². The van der Waals surface area contributed by atoms with Gasteiger partial charge in [-0.2, -0.15) is 4.31 Å². The smallest absolute Gasteiger partial charge is 0.251 e. The van der Waals surface area contributed by atoms with E-state index in [1.807, 2.05) is 34.6 Å². The van der Waals surface area contributed by atoms with Crippen molar-refractivity contribution in [1.29, 1.82) is 0 Å². The predicted molar refractivity (Wildman–Crippen MR) is 104 cm³/mol. The van der Waals surface area contributed by atoms with Crippen LogP contribution < -0.4 is 0 Å². The third-order valence-corrected chi connectivity index (χ3v) is 8.46. The normalized spacial score (nSPS) is 21.7. The van der Waals surface area contributed by atoms with Crippen molar-refractivity contribution in [2.45, 2.75) is 58.5 Å². The van der Waals surface area contributed by atoms with Crippen LogP contribution in [0.15, 0.2) is 4.90 Å². The first kappa shape index (κ1) is 20.3. The summed E-state index contributed by atoms with van der Waals surface area (Å²) in [5, 5.41) is 0. The standard InChI is InChI=1S/C20H30N2O4S/c1-13-14(2)16(4)19(17(5)15(13)3)27(24,25)22-10-8-21(9-11-22)20(23)18-7-6-12-26-18/h18H,6-12H2,1-5H3. The maximum Gasteiger partial charge on any atom is 0.251 e. The molecule has 0 aromatic heterocycles. The van der Waals surface area contributed by atoms with E-state index in [2.05, 4.69) is 0 Å². The lowest BCUT2D eigenvalue weighted by atomic mass is 9.95. The van der Waals surface area contributed by atoms with Crippen molar-refractivity contribution in [3.8, 4) is 0 Å². The molecule has 0 aliphatic carbocycles. The van der Waals surface area contributed by atoms with Gasteiger partial charge in [0.1, 0.15) is 6.10 Å². The van der Waals surface area contributed by atoms with E-state index in [-0.39, 0.29) is 12.0 Å². The molecule has 0 saturated carbocycles. The number of sulfonamides is 1. The van der Waals surface area contributed by atoms with E-state index in [4.69, 9.17) is 4.74 Å². The van der Waals surface area contributed by atoms with Gasteiger partial charge in [0.25, 0.3) is 5.91 Å². The molecular formula is C20H30N2O4S. The van der Waals surface area contributed by atoms with Gasteiger partial charge in [-0.3, -0.25) is 4.79 Å². The molecular weight excluding hydrogens is 364 g/mol. The van der Waals surface area contributed by atoms with Crippen LogP contribution in [0.5, 0.6) is 0 Å². The van der Waals surface area contributed by atoms with E-state index >= 15 is 0 Å². The van der Waals surface area contributed by atoms with E-state index in [0.717, 1.165) is 40.7 Å². The second kappa shape index (κ2) is 7.53. The van der Waals surface area contributed by atoms with Crippen molar-refractivity contribution < 1.29 is 17.9 Å². The minimum atomic E-state index is -3.59. The maximum atomic E-state index is 13.4. The van der Waals surface area contributed by atoms with Crippen LogP contribution in [0.3, 0.4) is 0 Å². The minimum Gasteiger partial charge on any atom is -0.368 e. The SMILES string of the molecule is Cc1c(C)c(C)c(S(=O)(=O)N2CCN(C(=O)C3CCCO3)CC2)c(C)c1C. The van der Waals surface area contributed by atoms with Crippen molar-refractivity contribution in [2.75, 3.05) is 32.8 Å². The Morgan fingerprint density at radius 1 is 0.889 bits per heavy atom. The molecule has 1 amide bonds. The largest absolute Gasteiger partial charge is 0.368 e. The Morgan fingerprint density at radius 3 is 1.89 bits per heavy atom.